The molecule has 1 aromatic rings. The fourth-order valence-corrected chi connectivity index (χ4v) is 1.57. The van der Waals surface area contributed by atoms with Crippen LogP contribution in [-0.4, -0.2) is 18.1 Å². The lowest BCUT2D eigenvalue weighted by Crippen LogP contribution is -2.17. The number of nitrogens with two attached hydrogens (primary N) is 1. The van der Waals surface area contributed by atoms with Crippen LogP contribution in [0.2, 0.25) is 0 Å². The summed E-state index contributed by atoms with van der Waals surface area (Å²) in [4.78, 5) is 3.80. The van der Waals surface area contributed by atoms with Crippen molar-refractivity contribution in [3.05, 3.63) is 36.0 Å². The van der Waals surface area contributed by atoms with Gasteiger partial charge in [0.2, 0.25) is 5.88 Å². The van der Waals surface area contributed by atoms with Crippen LogP contribution in [0.3, 0.4) is 0 Å². The normalized spacial score (nSPS) is 19.1. The number of rotatable bonds is 4. The summed E-state index contributed by atoms with van der Waals surface area (Å²) in [6, 6.07) is 2.85. The lowest BCUT2D eigenvalue weighted by Gasteiger charge is -2.08. The van der Waals surface area contributed by atoms with E-state index in [1.54, 1.807) is 0 Å². The first-order valence-electron chi connectivity index (χ1n) is 5.19. The third-order valence-corrected chi connectivity index (χ3v) is 2.42. The number of nitrogens with zero attached hydrogens (tertiary/aromatic N) is 1. The number of ether oxygens (including phenoxy) is 1. The molecule has 0 saturated heterocycles. The third-order valence-electron chi connectivity index (χ3n) is 2.42. The van der Waals surface area contributed by atoms with Gasteiger partial charge in [-0.2, -0.15) is 0 Å². The van der Waals surface area contributed by atoms with Gasteiger partial charge in [-0.05, 0) is 18.6 Å². The molecule has 2 rings (SSSR count). The van der Waals surface area contributed by atoms with Gasteiger partial charge < -0.3 is 15.8 Å². The van der Waals surface area contributed by atoms with E-state index in [0.717, 1.165) is 25.0 Å². The van der Waals surface area contributed by atoms with Gasteiger partial charge in [0.05, 0.1) is 18.6 Å². The number of nitrogens with one attached hydrogen (secondary N) is 1. The number of halogens is 1. The van der Waals surface area contributed by atoms with Gasteiger partial charge in [0, 0.05) is 18.5 Å². The molecule has 0 aromatic carbocycles. The van der Waals surface area contributed by atoms with Crippen molar-refractivity contribution in [2.75, 3.05) is 13.2 Å². The second-order valence-electron chi connectivity index (χ2n) is 3.71. The van der Waals surface area contributed by atoms with E-state index >= 15 is 0 Å². The molecule has 1 aliphatic heterocycles. The number of hydrogen-bond donors (Lipinski definition) is 2. The number of aromatic nitrogens is 1. The van der Waals surface area contributed by atoms with Gasteiger partial charge in [-0.1, -0.05) is 0 Å². The Hall–Kier alpha value is -1.78. The second kappa shape index (κ2) is 4.83. The van der Waals surface area contributed by atoms with Crippen molar-refractivity contribution in [1.29, 1.82) is 0 Å². The van der Waals surface area contributed by atoms with Crippen molar-refractivity contribution >= 4 is 0 Å². The van der Waals surface area contributed by atoms with Crippen molar-refractivity contribution in [2.24, 2.45) is 11.7 Å². The molecule has 0 saturated carbocycles. The van der Waals surface area contributed by atoms with E-state index in [2.05, 4.69) is 10.3 Å². The first kappa shape index (κ1) is 10.7. The average Bonchev–Trinajstić information content (AvgIpc) is 2.67. The minimum atomic E-state index is -0.358. The largest absolute Gasteiger partial charge is 0.478 e. The molecule has 4 nitrogen and oxygen atoms in total. The Labute approximate surface area is 93.3 Å². The maximum Gasteiger partial charge on any atom is 0.213 e. The molecule has 3 N–H and O–H groups in total. The van der Waals surface area contributed by atoms with Crippen molar-refractivity contribution in [3.8, 4) is 5.88 Å². The monoisotopic (exact) mass is 223 g/mol. The van der Waals surface area contributed by atoms with Crippen LogP contribution in [0.25, 0.3) is 0 Å². The molecular formula is C11H14FN3O. The van der Waals surface area contributed by atoms with Crippen LogP contribution in [-0.2, 0) is 0 Å². The minimum Gasteiger partial charge on any atom is -0.478 e. The van der Waals surface area contributed by atoms with Crippen molar-refractivity contribution in [3.63, 3.8) is 0 Å². The van der Waals surface area contributed by atoms with E-state index in [1.165, 1.54) is 12.1 Å². The molecule has 0 bridgehead atoms. The molecule has 0 spiro atoms. The molecule has 1 atom stereocenters. The highest BCUT2D eigenvalue weighted by Crippen LogP contribution is 2.12. The van der Waals surface area contributed by atoms with Gasteiger partial charge >= 0.3 is 0 Å². The van der Waals surface area contributed by atoms with Gasteiger partial charge in [-0.25, -0.2) is 9.37 Å². The first-order chi connectivity index (χ1) is 7.74. The second-order valence-corrected chi connectivity index (χ2v) is 3.71. The molecule has 0 radical (unpaired) electrons. The molecule has 5 heteroatoms. The maximum absolute atomic E-state index is 12.5. The minimum absolute atomic E-state index is 0.358. The average molecular weight is 223 g/mol. The lowest BCUT2D eigenvalue weighted by molar-refractivity contribution is 0.282. The smallest absolute Gasteiger partial charge is 0.213 e. The molecule has 16 heavy (non-hydrogen) atoms. The summed E-state index contributed by atoms with van der Waals surface area (Å²) in [6.07, 6.45) is 4.00. The van der Waals surface area contributed by atoms with Gasteiger partial charge in [0.15, 0.2) is 0 Å². The topological polar surface area (TPSA) is 60.2 Å². The fourth-order valence-electron chi connectivity index (χ4n) is 1.57. The zero-order valence-electron chi connectivity index (χ0n) is 8.82. The molecule has 0 amide bonds. The zero-order chi connectivity index (χ0) is 11.4. The van der Waals surface area contributed by atoms with Crippen molar-refractivity contribution in [2.45, 2.75) is 6.42 Å². The summed E-state index contributed by atoms with van der Waals surface area (Å²) in [5.41, 5.74) is 5.58. The van der Waals surface area contributed by atoms with Gasteiger partial charge in [-0.3, -0.25) is 0 Å². The van der Waals surface area contributed by atoms with Crippen LogP contribution in [0.1, 0.15) is 6.42 Å². The molecule has 0 aliphatic carbocycles. The molecule has 1 aliphatic rings. The van der Waals surface area contributed by atoms with Gasteiger partial charge in [-0.15, -0.1) is 0 Å². The summed E-state index contributed by atoms with van der Waals surface area (Å²) < 4.78 is 17.9. The zero-order valence-corrected chi connectivity index (χ0v) is 8.82. The Morgan fingerprint density at radius 3 is 3.06 bits per heavy atom. The van der Waals surface area contributed by atoms with E-state index in [1.807, 2.05) is 6.08 Å². The fraction of sp³-hybridized carbons (Fsp3) is 0.364. The van der Waals surface area contributed by atoms with E-state index in [-0.39, 0.29) is 5.82 Å². The molecular weight excluding hydrogens is 209 g/mol. The molecule has 2 heterocycles. The van der Waals surface area contributed by atoms with E-state index < -0.39 is 0 Å². The van der Waals surface area contributed by atoms with Crippen LogP contribution in [0.5, 0.6) is 5.88 Å². The molecule has 1 aromatic heterocycles. The Bertz CT molecular complexity index is 377. The van der Waals surface area contributed by atoms with Gasteiger partial charge in [0.25, 0.3) is 0 Å². The predicted molar refractivity (Wildman–Crippen MR) is 58.1 cm³/mol. The SMILES string of the molecule is NC1=C[C@H](CCOc2ccc(F)cn2)CN1. The number of hydrogen-bond acceptors (Lipinski definition) is 4. The summed E-state index contributed by atoms with van der Waals surface area (Å²) in [5.74, 6) is 1.22. The van der Waals surface area contributed by atoms with Crippen LogP contribution >= 0.6 is 0 Å². The Morgan fingerprint density at radius 2 is 2.44 bits per heavy atom. The van der Waals surface area contributed by atoms with Gasteiger partial charge in [0.1, 0.15) is 5.82 Å². The highest BCUT2D eigenvalue weighted by atomic mass is 19.1. The molecule has 0 unspecified atom stereocenters. The van der Waals surface area contributed by atoms with Crippen molar-refractivity contribution < 1.29 is 9.13 Å². The molecule has 86 valence electrons. The Kier molecular flexibility index (Phi) is 3.24. The standard InChI is InChI=1S/C11H14FN3O/c12-9-1-2-11(15-7-9)16-4-3-8-5-10(13)14-6-8/h1-2,5,7-8,14H,3-4,6,13H2/t8-/m0/s1. The Balaban J connectivity index is 1.74. The highest BCUT2D eigenvalue weighted by Gasteiger charge is 2.12. The Morgan fingerprint density at radius 1 is 1.56 bits per heavy atom. The quantitative estimate of drug-likeness (QED) is 0.799. The van der Waals surface area contributed by atoms with Crippen LogP contribution in [0, 0.1) is 11.7 Å². The first-order valence-corrected chi connectivity index (χ1v) is 5.19. The van der Waals surface area contributed by atoms with Crippen LogP contribution in [0.15, 0.2) is 30.2 Å². The summed E-state index contributed by atoms with van der Waals surface area (Å²) >= 11 is 0. The van der Waals surface area contributed by atoms with Crippen LogP contribution < -0.4 is 15.8 Å². The number of pyridine rings is 1. The van der Waals surface area contributed by atoms with E-state index in [0.29, 0.717) is 18.4 Å². The van der Waals surface area contributed by atoms with E-state index in [4.69, 9.17) is 10.5 Å². The van der Waals surface area contributed by atoms with Crippen LogP contribution in [0.4, 0.5) is 4.39 Å². The maximum atomic E-state index is 12.5. The van der Waals surface area contributed by atoms with E-state index in [9.17, 15) is 4.39 Å². The highest BCUT2D eigenvalue weighted by molar-refractivity contribution is 5.11. The summed E-state index contributed by atoms with van der Waals surface area (Å²) in [7, 11) is 0. The summed E-state index contributed by atoms with van der Waals surface area (Å²) in [5, 5.41) is 3.04. The summed E-state index contributed by atoms with van der Waals surface area (Å²) in [6.45, 7) is 1.40. The predicted octanol–water partition coefficient (Wildman–Crippen LogP) is 1.01. The van der Waals surface area contributed by atoms with Crippen molar-refractivity contribution in [1.82, 2.24) is 10.3 Å². The molecule has 0 fully saturated rings. The lowest BCUT2D eigenvalue weighted by atomic mass is 10.1. The third kappa shape index (κ3) is 2.85.